The van der Waals surface area contributed by atoms with Crippen LogP contribution in [-0.2, 0) is 0 Å². The number of carbonyl (C=O) groups is 1. The Morgan fingerprint density at radius 1 is 1.22 bits per heavy atom. The number of hydrogen-bond acceptors (Lipinski definition) is 4. The minimum absolute atomic E-state index is 0.0757. The van der Waals surface area contributed by atoms with E-state index >= 15 is 0 Å². The number of nitrogen functional groups attached to an aromatic ring is 1. The summed E-state index contributed by atoms with van der Waals surface area (Å²) < 4.78 is 0. The van der Waals surface area contributed by atoms with Crippen molar-refractivity contribution in [3.05, 3.63) is 42.2 Å². The average Bonchev–Trinajstić information content (AvgIpc) is 2.38. The first-order valence-corrected chi connectivity index (χ1v) is 5.48. The SMILES string of the molecule is CN(C)C(=O)c1ccc(-c2cccnc2N)nc1. The Labute approximate surface area is 105 Å². The largest absolute Gasteiger partial charge is 0.383 e. The van der Waals surface area contributed by atoms with Gasteiger partial charge in [0.25, 0.3) is 5.91 Å². The summed E-state index contributed by atoms with van der Waals surface area (Å²) >= 11 is 0. The molecular weight excluding hydrogens is 228 g/mol. The lowest BCUT2D eigenvalue weighted by molar-refractivity contribution is 0.0827. The Balaban J connectivity index is 2.34. The van der Waals surface area contributed by atoms with Crippen LogP contribution < -0.4 is 5.73 Å². The number of carbonyl (C=O) groups excluding carboxylic acids is 1. The second-order valence-corrected chi connectivity index (χ2v) is 4.07. The molecule has 0 radical (unpaired) electrons. The molecule has 2 heterocycles. The molecule has 0 unspecified atom stereocenters. The van der Waals surface area contributed by atoms with Gasteiger partial charge in [-0.15, -0.1) is 0 Å². The highest BCUT2D eigenvalue weighted by molar-refractivity contribution is 5.93. The predicted molar refractivity (Wildman–Crippen MR) is 69.9 cm³/mol. The van der Waals surface area contributed by atoms with E-state index in [2.05, 4.69) is 9.97 Å². The third-order valence-electron chi connectivity index (χ3n) is 2.53. The average molecular weight is 242 g/mol. The maximum absolute atomic E-state index is 11.7. The monoisotopic (exact) mass is 242 g/mol. The first kappa shape index (κ1) is 12.0. The number of hydrogen-bond donors (Lipinski definition) is 1. The van der Waals surface area contributed by atoms with Crippen LogP contribution in [0.1, 0.15) is 10.4 Å². The lowest BCUT2D eigenvalue weighted by Gasteiger charge is -2.10. The van der Waals surface area contributed by atoms with Gasteiger partial charge in [0, 0.05) is 32.1 Å². The topological polar surface area (TPSA) is 72.1 Å². The zero-order valence-electron chi connectivity index (χ0n) is 10.3. The molecule has 1 amide bonds. The van der Waals surface area contributed by atoms with Gasteiger partial charge in [-0.25, -0.2) is 4.98 Å². The van der Waals surface area contributed by atoms with Crippen LogP contribution in [0.5, 0.6) is 0 Å². The van der Waals surface area contributed by atoms with Gasteiger partial charge < -0.3 is 10.6 Å². The van der Waals surface area contributed by atoms with Gasteiger partial charge in [-0.1, -0.05) is 0 Å². The summed E-state index contributed by atoms with van der Waals surface area (Å²) in [5.41, 5.74) is 7.79. The van der Waals surface area contributed by atoms with E-state index in [1.807, 2.05) is 6.07 Å². The van der Waals surface area contributed by atoms with Gasteiger partial charge in [-0.3, -0.25) is 9.78 Å². The van der Waals surface area contributed by atoms with Gasteiger partial charge in [0.1, 0.15) is 5.82 Å². The molecule has 2 aromatic rings. The number of nitrogens with two attached hydrogens (primary N) is 1. The Morgan fingerprint density at radius 3 is 2.56 bits per heavy atom. The molecule has 92 valence electrons. The minimum atomic E-state index is -0.0757. The number of anilines is 1. The molecule has 2 aromatic heterocycles. The fraction of sp³-hybridized carbons (Fsp3) is 0.154. The zero-order valence-corrected chi connectivity index (χ0v) is 10.3. The maximum atomic E-state index is 11.7. The minimum Gasteiger partial charge on any atom is -0.383 e. The molecule has 2 rings (SSSR count). The zero-order chi connectivity index (χ0) is 13.1. The van der Waals surface area contributed by atoms with Crippen molar-refractivity contribution in [2.24, 2.45) is 0 Å². The van der Waals surface area contributed by atoms with Gasteiger partial charge in [-0.05, 0) is 24.3 Å². The molecule has 0 aliphatic rings. The standard InChI is InChI=1S/C13H14N4O/c1-17(2)13(18)9-5-6-11(16-8-9)10-4-3-7-15-12(10)14/h3-8H,1-2H3,(H2,14,15). The predicted octanol–water partition coefficient (Wildman–Crippen LogP) is 1.43. The van der Waals surface area contributed by atoms with Gasteiger partial charge >= 0.3 is 0 Å². The van der Waals surface area contributed by atoms with Crippen LogP contribution >= 0.6 is 0 Å². The Hall–Kier alpha value is -2.43. The van der Waals surface area contributed by atoms with E-state index in [-0.39, 0.29) is 5.91 Å². The first-order valence-electron chi connectivity index (χ1n) is 5.48. The van der Waals surface area contributed by atoms with Gasteiger partial charge in [0.2, 0.25) is 0 Å². The van der Waals surface area contributed by atoms with E-state index in [1.165, 1.54) is 4.90 Å². The summed E-state index contributed by atoms with van der Waals surface area (Å²) in [4.78, 5) is 21.5. The summed E-state index contributed by atoms with van der Waals surface area (Å²) in [6.07, 6.45) is 3.17. The second kappa shape index (κ2) is 4.83. The number of nitrogens with zero attached hydrogens (tertiary/aromatic N) is 3. The lowest BCUT2D eigenvalue weighted by Crippen LogP contribution is -2.21. The van der Waals surface area contributed by atoms with Crippen molar-refractivity contribution in [2.45, 2.75) is 0 Å². The molecule has 0 saturated carbocycles. The van der Waals surface area contributed by atoms with Gasteiger partial charge in [0.05, 0.1) is 11.3 Å². The van der Waals surface area contributed by atoms with Crippen LogP contribution in [-0.4, -0.2) is 34.9 Å². The van der Waals surface area contributed by atoms with Crippen LogP contribution in [0.15, 0.2) is 36.7 Å². The highest BCUT2D eigenvalue weighted by Gasteiger charge is 2.09. The van der Waals surface area contributed by atoms with Crippen molar-refractivity contribution in [1.29, 1.82) is 0 Å². The summed E-state index contributed by atoms with van der Waals surface area (Å²) in [5.74, 6) is 0.352. The van der Waals surface area contributed by atoms with Crippen molar-refractivity contribution < 1.29 is 4.79 Å². The number of amides is 1. The summed E-state index contributed by atoms with van der Waals surface area (Å²) in [6, 6.07) is 7.14. The van der Waals surface area contributed by atoms with E-state index < -0.39 is 0 Å². The maximum Gasteiger partial charge on any atom is 0.254 e. The van der Waals surface area contributed by atoms with E-state index in [4.69, 9.17) is 5.73 Å². The lowest BCUT2D eigenvalue weighted by atomic mass is 10.1. The molecule has 0 atom stereocenters. The molecule has 5 heteroatoms. The normalized spacial score (nSPS) is 10.1. The second-order valence-electron chi connectivity index (χ2n) is 4.07. The van der Waals surface area contributed by atoms with Crippen molar-refractivity contribution >= 4 is 11.7 Å². The van der Waals surface area contributed by atoms with Gasteiger partial charge in [0.15, 0.2) is 0 Å². The third-order valence-corrected chi connectivity index (χ3v) is 2.53. The molecule has 0 saturated heterocycles. The van der Waals surface area contributed by atoms with Crippen LogP contribution in [0.3, 0.4) is 0 Å². The summed E-state index contributed by atoms with van der Waals surface area (Å²) in [5, 5.41) is 0. The Kier molecular flexibility index (Phi) is 3.23. The molecule has 0 aliphatic carbocycles. The molecule has 18 heavy (non-hydrogen) atoms. The molecule has 5 nitrogen and oxygen atoms in total. The van der Waals surface area contributed by atoms with Crippen LogP contribution in [0.4, 0.5) is 5.82 Å². The number of aromatic nitrogens is 2. The van der Waals surface area contributed by atoms with Crippen molar-refractivity contribution in [3.8, 4) is 11.3 Å². The molecule has 0 aromatic carbocycles. The fourth-order valence-electron chi connectivity index (χ4n) is 1.57. The smallest absolute Gasteiger partial charge is 0.254 e. The Morgan fingerprint density at radius 2 is 2.00 bits per heavy atom. The Bertz CT molecular complexity index is 563. The van der Waals surface area contributed by atoms with Gasteiger partial charge in [-0.2, -0.15) is 0 Å². The van der Waals surface area contributed by atoms with Crippen LogP contribution in [0, 0.1) is 0 Å². The van der Waals surface area contributed by atoms with Crippen LogP contribution in [0.2, 0.25) is 0 Å². The third kappa shape index (κ3) is 2.29. The summed E-state index contributed by atoms with van der Waals surface area (Å²) in [6.45, 7) is 0. The van der Waals surface area contributed by atoms with E-state index in [1.54, 1.807) is 44.7 Å². The van der Waals surface area contributed by atoms with Crippen molar-refractivity contribution in [3.63, 3.8) is 0 Å². The molecule has 0 spiro atoms. The molecule has 0 aliphatic heterocycles. The van der Waals surface area contributed by atoms with Crippen molar-refractivity contribution in [1.82, 2.24) is 14.9 Å². The highest BCUT2D eigenvalue weighted by Crippen LogP contribution is 2.21. The quantitative estimate of drug-likeness (QED) is 0.864. The van der Waals surface area contributed by atoms with E-state index in [0.717, 1.165) is 5.56 Å². The molecular formula is C13H14N4O. The summed E-state index contributed by atoms with van der Waals surface area (Å²) in [7, 11) is 3.41. The fourth-order valence-corrected chi connectivity index (χ4v) is 1.57. The molecule has 2 N–H and O–H groups in total. The number of pyridine rings is 2. The van der Waals surface area contributed by atoms with Crippen LogP contribution in [0.25, 0.3) is 11.3 Å². The molecule has 0 fully saturated rings. The molecule has 0 bridgehead atoms. The van der Waals surface area contributed by atoms with E-state index in [0.29, 0.717) is 17.1 Å². The first-order chi connectivity index (χ1) is 8.59. The highest BCUT2D eigenvalue weighted by atomic mass is 16.2. The number of rotatable bonds is 2. The van der Waals surface area contributed by atoms with Crippen molar-refractivity contribution in [2.75, 3.05) is 19.8 Å². The van der Waals surface area contributed by atoms with E-state index in [9.17, 15) is 4.79 Å².